The molecule has 28 heavy (non-hydrogen) atoms. The van der Waals surface area contributed by atoms with E-state index in [2.05, 4.69) is 32.0 Å². The van der Waals surface area contributed by atoms with Crippen molar-refractivity contribution in [3.05, 3.63) is 60.2 Å². The first-order valence-corrected chi connectivity index (χ1v) is 9.42. The van der Waals surface area contributed by atoms with E-state index in [4.69, 9.17) is 0 Å². The molecule has 1 aliphatic heterocycles. The number of benzene rings is 2. The molecule has 1 amide bonds. The Balaban J connectivity index is 1.50. The van der Waals surface area contributed by atoms with E-state index in [9.17, 15) is 13.6 Å². The van der Waals surface area contributed by atoms with Gasteiger partial charge in [-0.3, -0.25) is 14.6 Å². The van der Waals surface area contributed by atoms with Crippen LogP contribution in [0, 0.1) is 0 Å². The number of ether oxygens (including phenoxy) is 1. The first kappa shape index (κ1) is 20.2. The Bertz CT molecular complexity index is 758. The molecule has 150 valence electrons. The summed E-state index contributed by atoms with van der Waals surface area (Å²) in [6.07, 6.45) is 0.977. The van der Waals surface area contributed by atoms with Crippen LogP contribution in [0.5, 0.6) is 5.75 Å². The van der Waals surface area contributed by atoms with Gasteiger partial charge in [0.25, 0.3) is 0 Å². The van der Waals surface area contributed by atoms with Crippen molar-refractivity contribution in [3.8, 4) is 5.75 Å². The van der Waals surface area contributed by atoms with E-state index in [-0.39, 0.29) is 23.9 Å². The zero-order chi connectivity index (χ0) is 19.8. The molecule has 2 aromatic rings. The van der Waals surface area contributed by atoms with Crippen LogP contribution < -0.4 is 10.1 Å². The molecule has 0 spiro atoms. The molecule has 0 aliphatic carbocycles. The number of anilines is 1. The van der Waals surface area contributed by atoms with Gasteiger partial charge in [0, 0.05) is 19.6 Å². The van der Waals surface area contributed by atoms with Crippen LogP contribution in [-0.2, 0) is 11.3 Å². The molecule has 0 radical (unpaired) electrons. The first-order valence-electron chi connectivity index (χ1n) is 9.42. The highest BCUT2D eigenvalue weighted by Gasteiger charge is 2.18. The Hall–Kier alpha value is -2.51. The van der Waals surface area contributed by atoms with Gasteiger partial charge in [-0.25, -0.2) is 0 Å². The second-order valence-electron chi connectivity index (χ2n) is 6.81. The molecule has 1 saturated heterocycles. The lowest BCUT2D eigenvalue weighted by Gasteiger charge is -2.21. The molecule has 1 heterocycles. The standard InChI is InChI=1S/C21H25F2N3O2/c22-21(23)28-19-10-5-4-9-18(19)24-20(27)16-26-12-6-11-25(13-14-26)15-17-7-2-1-3-8-17/h1-5,7-10,21H,6,11-16H2,(H,24,27). The van der Waals surface area contributed by atoms with E-state index >= 15 is 0 Å². The topological polar surface area (TPSA) is 44.8 Å². The number of nitrogens with one attached hydrogen (secondary N) is 1. The van der Waals surface area contributed by atoms with E-state index < -0.39 is 6.61 Å². The molecular weight excluding hydrogens is 364 g/mol. The van der Waals surface area contributed by atoms with Gasteiger partial charge >= 0.3 is 6.61 Å². The van der Waals surface area contributed by atoms with Crippen LogP contribution in [0.2, 0.25) is 0 Å². The molecule has 0 aromatic heterocycles. The summed E-state index contributed by atoms with van der Waals surface area (Å²) in [4.78, 5) is 16.9. The maximum Gasteiger partial charge on any atom is 0.387 e. The molecule has 1 N–H and O–H groups in total. The number of hydrogen-bond donors (Lipinski definition) is 1. The zero-order valence-electron chi connectivity index (χ0n) is 15.7. The Morgan fingerprint density at radius 1 is 0.964 bits per heavy atom. The molecule has 2 aromatic carbocycles. The monoisotopic (exact) mass is 389 g/mol. The number of carbonyl (C=O) groups is 1. The maximum absolute atomic E-state index is 12.5. The van der Waals surface area contributed by atoms with Crippen LogP contribution >= 0.6 is 0 Å². The van der Waals surface area contributed by atoms with Crippen LogP contribution in [0.4, 0.5) is 14.5 Å². The van der Waals surface area contributed by atoms with Gasteiger partial charge in [0.2, 0.25) is 5.91 Å². The molecule has 0 bridgehead atoms. The predicted molar refractivity (Wildman–Crippen MR) is 104 cm³/mol. The second-order valence-corrected chi connectivity index (χ2v) is 6.81. The van der Waals surface area contributed by atoms with Crippen LogP contribution in [0.1, 0.15) is 12.0 Å². The van der Waals surface area contributed by atoms with Crippen LogP contribution in [0.25, 0.3) is 0 Å². The number of nitrogens with zero attached hydrogens (tertiary/aromatic N) is 2. The van der Waals surface area contributed by atoms with Crippen molar-refractivity contribution in [3.63, 3.8) is 0 Å². The predicted octanol–water partition coefficient (Wildman–Crippen LogP) is 3.43. The van der Waals surface area contributed by atoms with Crippen molar-refractivity contribution in [2.24, 2.45) is 0 Å². The third-order valence-corrected chi connectivity index (χ3v) is 4.67. The van der Waals surface area contributed by atoms with Crippen molar-refractivity contribution in [2.45, 2.75) is 19.6 Å². The summed E-state index contributed by atoms with van der Waals surface area (Å²) in [6.45, 7) is 1.68. The average molecular weight is 389 g/mol. The zero-order valence-corrected chi connectivity index (χ0v) is 15.7. The van der Waals surface area contributed by atoms with E-state index in [0.29, 0.717) is 0 Å². The fraction of sp³-hybridized carbons (Fsp3) is 0.381. The minimum Gasteiger partial charge on any atom is -0.433 e. The van der Waals surface area contributed by atoms with Gasteiger partial charge in [0.15, 0.2) is 0 Å². The molecule has 0 atom stereocenters. The van der Waals surface area contributed by atoms with Gasteiger partial charge in [0.05, 0.1) is 12.2 Å². The van der Waals surface area contributed by atoms with Crippen molar-refractivity contribution in [2.75, 3.05) is 38.0 Å². The highest BCUT2D eigenvalue weighted by Crippen LogP contribution is 2.25. The number of para-hydroxylation sites is 2. The molecule has 7 heteroatoms. The Labute approximate surface area is 163 Å². The van der Waals surface area contributed by atoms with Crippen LogP contribution in [-0.4, -0.2) is 55.0 Å². The van der Waals surface area contributed by atoms with Gasteiger partial charge in [0.1, 0.15) is 5.75 Å². The van der Waals surface area contributed by atoms with E-state index in [1.54, 1.807) is 18.2 Å². The highest BCUT2D eigenvalue weighted by atomic mass is 19.3. The number of amides is 1. The minimum atomic E-state index is -2.93. The second kappa shape index (κ2) is 10.1. The molecule has 0 unspecified atom stereocenters. The summed E-state index contributed by atoms with van der Waals surface area (Å²) >= 11 is 0. The molecule has 3 rings (SSSR count). The van der Waals surface area contributed by atoms with Gasteiger partial charge in [-0.2, -0.15) is 8.78 Å². The van der Waals surface area contributed by atoms with Gasteiger partial charge in [-0.05, 0) is 37.2 Å². The van der Waals surface area contributed by atoms with E-state index in [0.717, 1.165) is 39.1 Å². The van der Waals surface area contributed by atoms with Crippen LogP contribution in [0.3, 0.4) is 0 Å². The number of carbonyl (C=O) groups excluding carboxylic acids is 1. The summed E-state index contributed by atoms with van der Waals surface area (Å²) in [5.74, 6) is -0.266. The average Bonchev–Trinajstić information content (AvgIpc) is 2.89. The summed E-state index contributed by atoms with van der Waals surface area (Å²) < 4.78 is 29.5. The highest BCUT2D eigenvalue weighted by molar-refractivity contribution is 5.93. The van der Waals surface area contributed by atoms with Crippen molar-refractivity contribution in [1.82, 2.24) is 9.80 Å². The largest absolute Gasteiger partial charge is 0.433 e. The smallest absolute Gasteiger partial charge is 0.387 e. The van der Waals surface area contributed by atoms with Crippen molar-refractivity contribution < 1.29 is 18.3 Å². The van der Waals surface area contributed by atoms with Crippen molar-refractivity contribution >= 4 is 11.6 Å². The minimum absolute atomic E-state index is 0.0317. The van der Waals surface area contributed by atoms with Crippen molar-refractivity contribution in [1.29, 1.82) is 0 Å². The number of halogens is 2. The lowest BCUT2D eigenvalue weighted by atomic mass is 10.2. The molecule has 1 fully saturated rings. The number of rotatable bonds is 7. The normalized spacial score (nSPS) is 16.0. The summed E-state index contributed by atoms with van der Waals surface area (Å²) in [7, 11) is 0. The Morgan fingerprint density at radius 3 is 2.43 bits per heavy atom. The fourth-order valence-corrected chi connectivity index (χ4v) is 3.34. The fourth-order valence-electron chi connectivity index (χ4n) is 3.34. The summed E-state index contributed by atoms with van der Waals surface area (Å²) in [5.41, 5.74) is 1.54. The number of alkyl halides is 2. The SMILES string of the molecule is O=C(CN1CCCN(Cc2ccccc2)CC1)Nc1ccccc1OC(F)F. The van der Waals surface area contributed by atoms with Crippen LogP contribution in [0.15, 0.2) is 54.6 Å². The van der Waals surface area contributed by atoms with Gasteiger partial charge in [-0.15, -0.1) is 0 Å². The first-order chi connectivity index (χ1) is 13.6. The number of hydrogen-bond acceptors (Lipinski definition) is 4. The lowest BCUT2D eigenvalue weighted by Crippen LogP contribution is -2.36. The van der Waals surface area contributed by atoms with Gasteiger partial charge in [-0.1, -0.05) is 42.5 Å². The molecular formula is C21H25F2N3O2. The molecule has 5 nitrogen and oxygen atoms in total. The summed E-state index contributed by atoms with van der Waals surface area (Å²) in [5, 5.41) is 2.68. The quantitative estimate of drug-likeness (QED) is 0.788. The third-order valence-electron chi connectivity index (χ3n) is 4.67. The molecule has 0 saturated carbocycles. The Kier molecular flexibility index (Phi) is 7.33. The molecule has 1 aliphatic rings. The maximum atomic E-state index is 12.5. The third kappa shape index (κ3) is 6.28. The lowest BCUT2D eigenvalue weighted by molar-refractivity contribution is -0.117. The van der Waals surface area contributed by atoms with E-state index in [1.807, 2.05) is 18.2 Å². The van der Waals surface area contributed by atoms with E-state index in [1.165, 1.54) is 11.6 Å². The van der Waals surface area contributed by atoms with Gasteiger partial charge < -0.3 is 10.1 Å². The Morgan fingerprint density at radius 2 is 1.64 bits per heavy atom. The summed E-state index contributed by atoms with van der Waals surface area (Å²) in [6, 6.07) is 16.6.